The largest absolute Gasteiger partial charge is 0.327 e. The van der Waals surface area contributed by atoms with Gasteiger partial charge in [0.2, 0.25) is 0 Å². The van der Waals surface area contributed by atoms with E-state index in [4.69, 9.17) is 5.73 Å². The number of nitrogens with two attached hydrogens (primary N) is 1. The monoisotopic (exact) mass is 182 g/mol. The normalized spacial score (nSPS) is 24.6. The Morgan fingerprint density at radius 2 is 2.38 bits per heavy atom. The first-order valence-corrected chi connectivity index (χ1v) is 5.35. The van der Waals surface area contributed by atoms with E-state index in [2.05, 4.69) is 18.4 Å². The van der Waals surface area contributed by atoms with Crippen molar-refractivity contribution in [2.24, 2.45) is 11.7 Å². The molecule has 0 spiro atoms. The maximum absolute atomic E-state index is 5.53. The van der Waals surface area contributed by atoms with Gasteiger partial charge >= 0.3 is 0 Å². The summed E-state index contributed by atoms with van der Waals surface area (Å²) in [7, 11) is 0. The Hall–Kier alpha value is -0.340. The van der Waals surface area contributed by atoms with Crippen LogP contribution >= 0.6 is 0 Å². The summed E-state index contributed by atoms with van der Waals surface area (Å²) in [5, 5.41) is 0. The fourth-order valence-electron chi connectivity index (χ4n) is 2.01. The molecule has 1 aliphatic rings. The van der Waals surface area contributed by atoms with Crippen molar-refractivity contribution in [1.29, 1.82) is 0 Å². The second kappa shape index (κ2) is 5.40. The van der Waals surface area contributed by atoms with Crippen LogP contribution in [0.2, 0.25) is 0 Å². The summed E-state index contributed by atoms with van der Waals surface area (Å²) < 4.78 is 0. The zero-order chi connectivity index (χ0) is 9.68. The summed E-state index contributed by atoms with van der Waals surface area (Å²) in [5.41, 5.74) is 6.69. The zero-order valence-electron chi connectivity index (χ0n) is 8.76. The maximum atomic E-state index is 5.53. The lowest BCUT2D eigenvalue weighted by atomic mass is 9.95. The van der Waals surface area contributed by atoms with Crippen molar-refractivity contribution in [3.8, 4) is 0 Å². The van der Waals surface area contributed by atoms with E-state index >= 15 is 0 Å². The van der Waals surface area contributed by atoms with E-state index in [1.807, 2.05) is 0 Å². The molecule has 0 bridgehead atoms. The van der Waals surface area contributed by atoms with E-state index in [-0.39, 0.29) is 0 Å². The fraction of sp³-hybridized carbons (Fsp3) is 0.818. The molecule has 1 rings (SSSR count). The van der Waals surface area contributed by atoms with Crippen molar-refractivity contribution < 1.29 is 0 Å². The molecule has 1 atom stereocenters. The molecular formula is C11H22N2. The van der Waals surface area contributed by atoms with Crippen LogP contribution in [-0.4, -0.2) is 31.1 Å². The third kappa shape index (κ3) is 3.49. The lowest BCUT2D eigenvalue weighted by Crippen LogP contribution is -2.37. The van der Waals surface area contributed by atoms with Gasteiger partial charge in [-0.25, -0.2) is 0 Å². The van der Waals surface area contributed by atoms with Gasteiger partial charge in [-0.05, 0) is 30.9 Å². The van der Waals surface area contributed by atoms with Crippen molar-refractivity contribution in [3.05, 3.63) is 12.2 Å². The number of piperidine rings is 1. The van der Waals surface area contributed by atoms with Crippen LogP contribution in [0.25, 0.3) is 0 Å². The Labute approximate surface area is 81.8 Å². The molecule has 0 aliphatic carbocycles. The molecule has 1 aliphatic heterocycles. The molecular weight excluding hydrogens is 160 g/mol. The van der Waals surface area contributed by atoms with Gasteiger partial charge in [0.05, 0.1) is 0 Å². The Kier molecular flexibility index (Phi) is 4.46. The van der Waals surface area contributed by atoms with Crippen molar-refractivity contribution >= 4 is 0 Å². The Balaban J connectivity index is 2.29. The van der Waals surface area contributed by atoms with Gasteiger partial charge in [-0.3, -0.25) is 4.90 Å². The highest BCUT2D eigenvalue weighted by Crippen LogP contribution is 2.19. The number of likely N-dealkylation sites (tertiary alicyclic amines) is 1. The lowest BCUT2D eigenvalue weighted by molar-refractivity contribution is 0.184. The maximum Gasteiger partial charge on any atom is 0.0202 e. The number of hydrogen-bond donors (Lipinski definition) is 1. The summed E-state index contributed by atoms with van der Waals surface area (Å²) in [5.74, 6) is 0.902. The van der Waals surface area contributed by atoms with Gasteiger partial charge < -0.3 is 5.73 Å². The molecule has 76 valence electrons. The smallest absolute Gasteiger partial charge is 0.0202 e. The van der Waals surface area contributed by atoms with Crippen molar-refractivity contribution in [2.75, 3.05) is 26.2 Å². The summed E-state index contributed by atoms with van der Waals surface area (Å²) in [6, 6.07) is 0. The first-order valence-electron chi connectivity index (χ1n) is 5.35. The number of nitrogens with zero attached hydrogens (tertiary/aromatic N) is 1. The molecule has 13 heavy (non-hydrogen) atoms. The van der Waals surface area contributed by atoms with Crippen LogP contribution in [0, 0.1) is 5.92 Å². The van der Waals surface area contributed by atoms with Gasteiger partial charge in [0.25, 0.3) is 0 Å². The van der Waals surface area contributed by atoms with Gasteiger partial charge in [0, 0.05) is 19.6 Å². The Bertz CT molecular complexity index is 165. The Morgan fingerprint density at radius 3 is 3.00 bits per heavy atom. The predicted molar refractivity (Wildman–Crippen MR) is 57.6 cm³/mol. The first kappa shape index (κ1) is 10.7. The highest BCUT2D eigenvalue weighted by molar-refractivity contribution is 4.99. The average molecular weight is 182 g/mol. The Morgan fingerprint density at radius 1 is 1.62 bits per heavy atom. The third-order valence-corrected chi connectivity index (χ3v) is 2.92. The topological polar surface area (TPSA) is 29.3 Å². The molecule has 2 nitrogen and oxygen atoms in total. The van der Waals surface area contributed by atoms with Crippen LogP contribution < -0.4 is 5.73 Å². The highest BCUT2D eigenvalue weighted by Gasteiger charge is 2.17. The molecule has 1 unspecified atom stereocenters. The van der Waals surface area contributed by atoms with E-state index in [0.717, 1.165) is 18.0 Å². The molecule has 0 radical (unpaired) electrons. The minimum absolute atomic E-state index is 0.632. The SMILES string of the molecule is C=C(CN)CN1CCCC(CC)C1. The van der Waals surface area contributed by atoms with Crippen LogP contribution in [0.15, 0.2) is 12.2 Å². The van der Waals surface area contributed by atoms with Crippen LogP contribution in [0.5, 0.6) is 0 Å². The van der Waals surface area contributed by atoms with Crippen LogP contribution in [0.3, 0.4) is 0 Å². The van der Waals surface area contributed by atoms with Crippen molar-refractivity contribution in [1.82, 2.24) is 4.90 Å². The molecule has 1 saturated heterocycles. The van der Waals surface area contributed by atoms with Gasteiger partial charge in [-0.2, -0.15) is 0 Å². The highest BCUT2D eigenvalue weighted by atomic mass is 15.1. The molecule has 0 aromatic heterocycles. The molecule has 0 aromatic carbocycles. The first-order chi connectivity index (χ1) is 6.26. The molecule has 1 fully saturated rings. The van der Waals surface area contributed by atoms with Crippen LogP contribution in [0.1, 0.15) is 26.2 Å². The lowest BCUT2D eigenvalue weighted by Gasteiger charge is -2.32. The number of hydrogen-bond acceptors (Lipinski definition) is 2. The second-order valence-corrected chi connectivity index (χ2v) is 4.11. The van der Waals surface area contributed by atoms with E-state index < -0.39 is 0 Å². The van der Waals surface area contributed by atoms with Crippen molar-refractivity contribution in [2.45, 2.75) is 26.2 Å². The van der Waals surface area contributed by atoms with Crippen LogP contribution in [0.4, 0.5) is 0 Å². The minimum Gasteiger partial charge on any atom is -0.327 e. The third-order valence-electron chi connectivity index (χ3n) is 2.92. The number of rotatable bonds is 4. The van der Waals surface area contributed by atoms with Gasteiger partial charge in [-0.15, -0.1) is 0 Å². The zero-order valence-corrected chi connectivity index (χ0v) is 8.76. The predicted octanol–water partition coefficient (Wildman–Crippen LogP) is 1.62. The summed E-state index contributed by atoms with van der Waals surface area (Å²) in [6.45, 7) is 10.4. The van der Waals surface area contributed by atoms with Gasteiger partial charge in [0.1, 0.15) is 0 Å². The standard InChI is InChI=1S/C11H22N2/c1-3-11-5-4-6-13(9-11)8-10(2)7-12/h11H,2-9,12H2,1H3. The van der Waals surface area contributed by atoms with Crippen molar-refractivity contribution in [3.63, 3.8) is 0 Å². The molecule has 0 aromatic rings. The molecule has 2 N–H and O–H groups in total. The van der Waals surface area contributed by atoms with E-state index in [9.17, 15) is 0 Å². The molecule has 0 saturated carbocycles. The second-order valence-electron chi connectivity index (χ2n) is 4.11. The summed E-state index contributed by atoms with van der Waals surface area (Å²) >= 11 is 0. The fourth-order valence-corrected chi connectivity index (χ4v) is 2.01. The summed E-state index contributed by atoms with van der Waals surface area (Å²) in [6.07, 6.45) is 4.06. The van der Waals surface area contributed by atoms with E-state index in [1.165, 1.54) is 32.4 Å². The van der Waals surface area contributed by atoms with E-state index in [1.54, 1.807) is 0 Å². The molecule has 1 heterocycles. The van der Waals surface area contributed by atoms with Gasteiger partial charge in [-0.1, -0.05) is 19.9 Å². The van der Waals surface area contributed by atoms with E-state index in [0.29, 0.717) is 6.54 Å². The minimum atomic E-state index is 0.632. The molecule has 0 amide bonds. The average Bonchev–Trinajstić information content (AvgIpc) is 2.18. The summed E-state index contributed by atoms with van der Waals surface area (Å²) in [4.78, 5) is 2.49. The quantitative estimate of drug-likeness (QED) is 0.669. The van der Waals surface area contributed by atoms with Gasteiger partial charge in [0.15, 0.2) is 0 Å². The van der Waals surface area contributed by atoms with Crippen LogP contribution in [-0.2, 0) is 0 Å². The molecule has 2 heteroatoms.